The fourth-order valence-corrected chi connectivity index (χ4v) is 5.02. The van der Waals surface area contributed by atoms with Gasteiger partial charge in [0.2, 0.25) is 0 Å². The number of nitrogens with zero attached hydrogens (tertiary/aromatic N) is 2. The van der Waals surface area contributed by atoms with Gasteiger partial charge in [0.25, 0.3) is 0 Å². The summed E-state index contributed by atoms with van der Waals surface area (Å²) >= 11 is 8.42. The Kier molecular flexibility index (Phi) is 5.20. The van der Waals surface area contributed by atoms with Crippen molar-refractivity contribution in [2.45, 2.75) is 23.6 Å². The molecule has 2 aliphatic rings. The van der Waals surface area contributed by atoms with E-state index in [1.54, 1.807) is 0 Å². The number of hydrogen-bond acceptors (Lipinski definition) is 5. The number of piperazine rings is 1. The van der Waals surface area contributed by atoms with Gasteiger partial charge in [-0.2, -0.15) is 0 Å². The minimum atomic E-state index is 0.786. The number of nitrogens with one attached hydrogen (secondary N) is 2. The number of fused-ring (bicyclic) bond motifs is 2. The van der Waals surface area contributed by atoms with Crippen LogP contribution >= 0.6 is 23.4 Å². The lowest BCUT2D eigenvalue weighted by atomic mass is 10.2. The summed E-state index contributed by atoms with van der Waals surface area (Å²) in [5.74, 6) is 0. The second kappa shape index (κ2) is 7.59. The van der Waals surface area contributed by atoms with Gasteiger partial charge in [-0.05, 0) is 44.2 Å². The van der Waals surface area contributed by atoms with Crippen molar-refractivity contribution in [3.05, 3.63) is 35.4 Å². The summed E-state index contributed by atoms with van der Waals surface area (Å²) in [6.45, 7) is 10.5. The van der Waals surface area contributed by atoms with Crippen molar-refractivity contribution >= 4 is 46.1 Å². The van der Waals surface area contributed by atoms with Gasteiger partial charge in [-0.25, -0.2) is 0 Å². The van der Waals surface area contributed by atoms with E-state index in [0.717, 1.165) is 55.7 Å². The zero-order valence-corrected chi connectivity index (χ0v) is 16.9. The van der Waals surface area contributed by atoms with Gasteiger partial charge in [-0.15, -0.1) is 0 Å². The Bertz CT molecular complexity index is 801. The summed E-state index contributed by atoms with van der Waals surface area (Å²) in [4.78, 5) is 7.25. The van der Waals surface area contributed by atoms with E-state index in [1.165, 1.54) is 21.2 Å². The van der Waals surface area contributed by atoms with Crippen LogP contribution in [0.25, 0.3) is 0 Å². The fraction of sp³-hybridized carbons (Fsp3) is 0.400. The first kappa shape index (κ1) is 17.8. The average molecular weight is 389 g/mol. The molecule has 1 fully saturated rings. The van der Waals surface area contributed by atoms with Crippen LogP contribution < -0.4 is 20.4 Å². The molecule has 2 aliphatic heterocycles. The molecular weight excluding hydrogens is 364 g/mol. The molecule has 0 radical (unpaired) electrons. The summed E-state index contributed by atoms with van der Waals surface area (Å²) in [5, 5.41) is 7.74. The van der Waals surface area contributed by atoms with Gasteiger partial charge in [-0.3, -0.25) is 0 Å². The topological polar surface area (TPSA) is 30.5 Å². The number of halogens is 1. The number of hydrogen-bond donors (Lipinski definition) is 2. The van der Waals surface area contributed by atoms with Crippen molar-refractivity contribution in [3.63, 3.8) is 0 Å². The van der Waals surface area contributed by atoms with E-state index >= 15 is 0 Å². The van der Waals surface area contributed by atoms with Gasteiger partial charge >= 0.3 is 0 Å². The lowest BCUT2D eigenvalue weighted by Crippen LogP contribution is -2.43. The van der Waals surface area contributed by atoms with Crippen molar-refractivity contribution in [1.29, 1.82) is 0 Å². The molecule has 0 unspecified atom stereocenters. The molecule has 4 nitrogen and oxygen atoms in total. The van der Waals surface area contributed by atoms with Crippen LogP contribution in [0.1, 0.15) is 13.8 Å². The van der Waals surface area contributed by atoms with Crippen molar-refractivity contribution in [2.75, 3.05) is 54.4 Å². The predicted molar refractivity (Wildman–Crippen MR) is 114 cm³/mol. The molecule has 2 aromatic rings. The zero-order valence-electron chi connectivity index (χ0n) is 15.3. The minimum absolute atomic E-state index is 0.786. The Morgan fingerprint density at radius 2 is 1.85 bits per heavy atom. The molecule has 0 bridgehead atoms. The standard InChI is InChI=1S/C20H25ClN4S/c1-3-24(4-2)15-11-16(21)20-19(13-15)26-18-12-14(5-6-17(18)23-20)25-9-7-22-8-10-25/h5-6,11-13,22-23H,3-4,7-10H2,1-2H3. The van der Waals surface area contributed by atoms with E-state index in [1.807, 2.05) is 11.8 Å². The molecular formula is C20H25ClN4S. The van der Waals surface area contributed by atoms with Crippen molar-refractivity contribution < 1.29 is 0 Å². The first-order valence-corrected chi connectivity index (χ1v) is 10.5. The maximum Gasteiger partial charge on any atom is 0.0717 e. The van der Waals surface area contributed by atoms with Crippen molar-refractivity contribution in [3.8, 4) is 0 Å². The highest BCUT2D eigenvalue weighted by Crippen LogP contribution is 2.49. The van der Waals surface area contributed by atoms with Crippen LogP contribution in [0.15, 0.2) is 40.1 Å². The summed E-state index contributed by atoms with van der Waals surface area (Å²) in [6.07, 6.45) is 0. The summed E-state index contributed by atoms with van der Waals surface area (Å²) in [5.41, 5.74) is 4.65. The first-order chi connectivity index (χ1) is 12.7. The van der Waals surface area contributed by atoms with E-state index in [2.05, 4.69) is 64.6 Å². The predicted octanol–water partition coefficient (Wildman–Crippen LogP) is 4.80. The molecule has 0 amide bonds. The van der Waals surface area contributed by atoms with Gasteiger partial charge in [0, 0.05) is 60.4 Å². The Labute approximate surface area is 164 Å². The van der Waals surface area contributed by atoms with Crippen molar-refractivity contribution in [2.24, 2.45) is 0 Å². The molecule has 0 atom stereocenters. The zero-order chi connectivity index (χ0) is 18.1. The lowest BCUT2D eigenvalue weighted by molar-refractivity contribution is 0.589. The minimum Gasteiger partial charge on any atom is -0.372 e. The van der Waals surface area contributed by atoms with Crippen molar-refractivity contribution in [1.82, 2.24) is 5.32 Å². The second-order valence-corrected chi connectivity index (χ2v) is 8.11. The summed E-state index contributed by atoms with van der Waals surface area (Å²) in [7, 11) is 0. The van der Waals surface area contributed by atoms with Crippen LogP contribution in [0.2, 0.25) is 5.02 Å². The molecule has 1 saturated heterocycles. The Morgan fingerprint density at radius 1 is 1.08 bits per heavy atom. The third-order valence-corrected chi connectivity index (χ3v) is 6.49. The molecule has 138 valence electrons. The highest BCUT2D eigenvalue weighted by molar-refractivity contribution is 7.99. The Hall–Kier alpha value is -1.56. The van der Waals surface area contributed by atoms with Crippen LogP contribution in [0.4, 0.5) is 22.7 Å². The maximum atomic E-state index is 6.61. The highest BCUT2D eigenvalue weighted by Gasteiger charge is 2.21. The van der Waals surface area contributed by atoms with Crippen LogP contribution in [0, 0.1) is 0 Å². The third-order valence-electron chi connectivity index (χ3n) is 5.09. The van der Waals surface area contributed by atoms with Gasteiger partial charge < -0.3 is 20.4 Å². The monoisotopic (exact) mass is 388 g/mol. The molecule has 26 heavy (non-hydrogen) atoms. The van der Waals surface area contributed by atoms with Gasteiger partial charge in [-0.1, -0.05) is 23.4 Å². The molecule has 4 rings (SSSR count). The van der Waals surface area contributed by atoms with Gasteiger partial charge in [0.15, 0.2) is 0 Å². The third kappa shape index (κ3) is 3.36. The SMILES string of the molecule is CCN(CC)c1cc(Cl)c2c(c1)Sc1cc(N3CCNCC3)ccc1N2. The van der Waals surface area contributed by atoms with E-state index in [4.69, 9.17) is 11.6 Å². The Balaban J connectivity index is 1.65. The maximum absolute atomic E-state index is 6.61. The molecule has 2 heterocycles. The second-order valence-electron chi connectivity index (χ2n) is 6.62. The van der Waals surface area contributed by atoms with Crippen LogP contribution in [0.3, 0.4) is 0 Å². The van der Waals surface area contributed by atoms with E-state index in [-0.39, 0.29) is 0 Å². The normalized spacial score (nSPS) is 15.9. The smallest absolute Gasteiger partial charge is 0.0717 e. The van der Waals surface area contributed by atoms with Gasteiger partial charge in [0.05, 0.1) is 16.4 Å². The average Bonchev–Trinajstić information content (AvgIpc) is 2.68. The molecule has 2 aromatic carbocycles. The van der Waals surface area contributed by atoms with E-state index in [0.29, 0.717) is 0 Å². The van der Waals surface area contributed by atoms with Crippen LogP contribution in [-0.2, 0) is 0 Å². The first-order valence-electron chi connectivity index (χ1n) is 9.32. The highest BCUT2D eigenvalue weighted by atomic mass is 35.5. The van der Waals surface area contributed by atoms with E-state index in [9.17, 15) is 0 Å². The molecule has 0 aromatic heterocycles. The molecule has 6 heteroatoms. The molecule has 2 N–H and O–H groups in total. The quantitative estimate of drug-likeness (QED) is 0.670. The molecule has 0 aliphatic carbocycles. The van der Waals surface area contributed by atoms with Gasteiger partial charge in [0.1, 0.15) is 0 Å². The number of benzene rings is 2. The Morgan fingerprint density at radius 3 is 2.58 bits per heavy atom. The summed E-state index contributed by atoms with van der Waals surface area (Å²) < 4.78 is 0. The largest absolute Gasteiger partial charge is 0.372 e. The molecule has 0 spiro atoms. The number of anilines is 4. The van der Waals surface area contributed by atoms with Crippen LogP contribution in [0.5, 0.6) is 0 Å². The lowest BCUT2D eigenvalue weighted by Gasteiger charge is -2.31. The molecule has 0 saturated carbocycles. The van der Waals surface area contributed by atoms with E-state index < -0.39 is 0 Å². The fourth-order valence-electron chi connectivity index (χ4n) is 3.61. The van der Waals surface area contributed by atoms with Crippen LogP contribution in [-0.4, -0.2) is 39.3 Å². The number of rotatable bonds is 4. The summed E-state index contributed by atoms with van der Waals surface area (Å²) in [6, 6.07) is 11.0.